The maximum Gasteiger partial charge on any atom is 0.119 e. The summed E-state index contributed by atoms with van der Waals surface area (Å²) in [7, 11) is 0. The lowest BCUT2D eigenvalue weighted by Crippen LogP contribution is -2.34. The maximum atomic E-state index is 8.77. The van der Waals surface area contributed by atoms with Crippen LogP contribution in [0.3, 0.4) is 0 Å². The molecule has 0 aromatic heterocycles. The molecule has 0 aliphatic carbocycles. The zero-order valence-electron chi connectivity index (χ0n) is 11.9. The Morgan fingerprint density at radius 1 is 1.22 bits per heavy atom. The zero-order chi connectivity index (χ0) is 13.6. The van der Waals surface area contributed by atoms with Gasteiger partial charge in [0.25, 0.3) is 0 Å². The van der Waals surface area contributed by atoms with Crippen molar-refractivity contribution in [3.63, 3.8) is 0 Å². The zero-order valence-corrected chi connectivity index (χ0v) is 11.9. The van der Waals surface area contributed by atoms with Gasteiger partial charge in [-0.3, -0.25) is 0 Å². The predicted octanol–water partition coefficient (Wildman–Crippen LogP) is 2.33. The summed E-state index contributed by atoms with van der Waals surface area (Å²) in [4.78, 5) is 0. The molecule has 0 unspecified atom stereocenters. The van der Waals surface area contributed by atoms with Crippen LogP contribution in [0.4, 0.5) is 0 Å². The molecule has 0 aliphatic rings. The minimum atomic E-state index is 0.0472. The van der Waals surface area contributed by atoms with E-state index in [1.165, 1.54) is 5.56 Å². The highest BCUT2D eigenvalue weighted by molar-refractivity contribution is 5.32. The van der Waals surface area contributed by atoms with Crippen LogP contribution in [-0.4, -0.2) is 30.9 Å². The van der Waals surface area contributed by atoms with Crippen molar-refractivity contribution in [3.05, 3.63) is 29.8 Å². The Balaban J connectivity index is 2.65. The van der Waals surface area contributed by atoms with Crippen molar-refractivity contribution in [1.29, 1.82) is 0 Å². The van der Waals surface area contributed by atoms with Crippen molar-refractivity contribution in [2.24, 2.45) is 0 Å². The van der Waals surface area contributed by atoms with E-state index in [2.05, 4.69) is 31.3 Å². The third-order valence-corrected chi connectivity index (χ3v) is 2.86. The fraction of sp³-hybridized carbons (Fsp3) is 0.600. The molecule has 1 aromatic carbocycles. The molecular weight excluding hydrogens is 226 g/mol. The molecule has 18 heavy (non-hydrogen) atoms. The number of aliphatic hydroxyl groups is 1. The Morgan fingerprint density at radius 3 is 2.33 bits per heavy atom. The van der Waals surface area contributed by atoms with Gasteiger partial charge in [0.15, 0.2) is 0 Å². The Labute approximate surface area is 110 Å². The molecule has 0 bridgehead atoms. The van der Waals surface area contributed by atoms with Crippen molar-refractivity contribution >= 4 is 0 Å². The van der Waals surface area contributed by atoms with Crippen molar-refractivity contribution in [1.82, 2.24) is 5.32 Å². The number of ether oxygens (including phenoxy) is 1. The topological polar surface area (TPSA) is 41.5 Å². The molecule has 0 aliphatic heterocycles. The number of benzene rings is 1. The quantitative estimate of drug-likeness (QED) is 0.731. The van der Waals surface area contributed by atoms with Gasteiger partial charge in [0.05, 0.1) is 12.7 Å². The van der Waals surface area contributed by atoms with E-state index in [9.17, 15) is 0 Å². The molecule has 0 amide bonds. The second-order valence-corrected chi connectivity index (χ2v) is 5.48. The van der Waals surface area contributed by atoms with Crippen LogP contribution in [-0.2, 0) is 5.41 Å². The number of hydrogen-bond donors (Lipinski definition) is 2. The first-order chi connectivity index (χ1) is 8.45. The van der Waals surface area contributed by atoms with Crippen LogP contribution in [0.2, 0.25) is 0 Å². The van der Waals surface area contributed by atoms with Gasteiger partial charge in [-0.05, 0) is 31.5 Å². The molecule has 2 N–H and O–H groups in total. The fourth-order valence-electron chi connectivity index (χ4n) is 1.84. The highest BCUT2D eigenvalue weighted by Crippen LogP contribution is 2.24. The summed E-state index contributed by atoms with van der Waals surface area (Å²) in [5.41, 5.74) is 1.31. The van der Waals surface area contributed by atoms with E-state index in [4.69, 9.17) is 9.84 Å². The highest BCUT2D eigenvalue weighted by Gasteiger charge is 2.19. The summed E-state index contributed by atoms with van der Waals surface area (Å²) < 4.78 is 5.63. The second-order valence-electron chi connectivity index (χ2n) is 5.48. The standard InChI is InChI=1S/C15H25NO2/c1-12(2)18-14-7-5-13(6-8-14)15(3,4)11-16-9-10-17/h5-8,12,16-17H,9-11H2,1-4H3. The van der Waals surface area contributed by atoms with Gasteiger partial charge in [0.2, 0.25) is 0 Å². The monoisotopic (exact) mass is 251 g/mol. The summed E-state index contributed by atoms with van der Waals surface area (Å²) >= 11 is 0. The normalized spacial score (nSPS) is 11.9. The van der Waals surface area contributed by atoms with Gasteiger partial charge >= 0.3 is 0 Å². The average molecular weight is 251 g/mol. The van der Waals surface area contributed by atoms with Gasteiger partial charge in [0.1, 0.15) is 5.75 Å². The van der Waals surface area contributed by atoms with Crippen LogP contribution in [0, 0.1) is 0 Å². The van der Waals surface area contributed by atoms with Crippen LogP contribution >= 0.6 is 0 Å². The smallest absolute Gasteiger partial charge is 0.119 e. The molecule has 0 spiro atoms. The Hall–Kier alpha value is -1.06. The van der Waals surface area contributed by atoms with Crippen LogP contribution in [0.1, 0.15) is 33.3 Å². The Morgan fingerprint density at radius 2 is 1.83 bits per heavy atom. The van der Waals surface area contributed by atoms with Crippen molar-refractivity contribution < 1.29 is 9.84 Å². The lowest BCUT2D eigenvalue weighted by Gasteiger charge is -2.26. The molecule has 1 aromatic rings. The van der Waals surface area contributed by atoms with E-state index < -0.39 is 0 Å². The first-order valence-corrected chi connectivity index (χ1v) is 6.54. The van der Waals surface area contributed by atoms with E-state index >= 15 is 0 Å². The number of hydrogen-bond acceptors (Lipinski definition) is 3. The minimum absolute atomic E-state index is 0.0472. The molecule has 0 heterocycles. The van der Waals surface area contributed by atoms with Crippen LogP contribution < -0.4 is 10.1 Å². The average Bonchev–Trinajstić information content (AvgIpc) is 2.29. The van der Waals surface area contributed by atoms with Crippen molar-refractivity contribution in [2.75, 3.05) is 19.7 Å². The SMILES string of the molecule is CC(C)Oc1ccc(C(C)(C)CNCCO)cc1. The molecule has 0 fully saturated rings. The molecule has 102 valence electrons. The lowest BCUT2D eigenvalue weighted by atomic mass is 9.84. The molecule has 0 radical (unpaired) electrons. The Kier molecular flexibility index (Phi) is 5.63. The summed E-state index contributed by atoms with van der Waals surface area (Å²) in [6.45, 7) is 10.1. The first kappa shape index (κ1) is 15.0. The summed E-state index contributed by atoms with van der Waals surface area (Å²) in [6, 6.07) is 8.25. The van der Waals surface area contributed by atoms with Gasteiger partial charge in [-0.1, -0.05) is 26.0 Å². The summed E-state index contributed by atoms with van der Waals surface area (Å²) in [6.07, 6.45) is 0.204. The van der Waals surface area contributed by atoms with Gasteiger partial charge in [-0.15, -0.1) is 0 Å². The molecule has 0 saturated heterocycles. The second kappa shape index (κ2) is 6.76. The summed E-state index contributed by atoms with van der Waals surface area (Å²) in [5.74, 6) is 0.910. The fourth-order valence-corrected chi connectivity index (χ4v) is 1.84. The van der Waals surface area contributed by atoms with Crippen LogP contribution in [0.15, 0.2) is 24.3 Å². The van der Waals surface area contributed by atoms with E-state index in [0.717, 1.165) is 12.3 Å². The molecule has 3 nitrogen and oxygen atoms in total. The maximum absolute atomic E-state index is 8.77. The lowest BCUT2D eigenvalue weighted by molar-refractivity contribution is 0.242. The molecule has 3 heteroatoms. The van der Waals surface area contributed by atoms with Crippen molar-refractivity contribution in [2.45, 2.75) is 39.2 Å². The minimum Gasteiger partial charge on any atom is -0.491 e. The van der Waals surface area contributed by atoms with E-state index in [1.54, 1.807) is 0 Å². The molecular formula is C15H25NO2. The third-order valence-electron chi connectivity index (χ3n) is 2.86. The number of aliphatic hydroxyl groups excluding tert-OH is 1. The van der Waals surface area contributed by atoms with E-state index in [-0.39, 0.29) is 18.1 Å². The molecule has 0 atom stereocenters. The largest absolute Gasteiger partial charge is 0.491 e. The number of nitrogens with one attached hydrogen (secondary N) is 1. The van der Waals surface area contributed by atoms with Gasteiger partial charge in [0, 0.05) is 18.5 Å². The van der Waals surface area contributed by atoms with Crippen LogP contribution in [0.5, 0.6) is 5.75 Å². The highest BCUT2D eigenvalue weighted by atomic mass is 16.5. The summed E-state index contributed by atoms with van der Waals surface area (Å²) in [5, 5.41) is 12.0. The van der Waals surface area contributed by atoms with Crippen LogP contribution in [0.25, 0.3) is 0 Å². The van der Waals surface area contributed by atoms with Crippen molar-refractivity contribution in [3.8, 4) is 5.75 Å². The molecule has 1 rings (SSSR count). The van der Waals surface area contributed by atoms with E-state index in [0.29, 0.717) is 6.54 Å². The van der Waals surface area contributed by atoms with Gasteiger partial charge in [-0.25, -0.2) is 0 Å². The van der Waals surface area contributed by atoms with Gasteiger partial charge < -0.3 is 15.2 Å². The Bertz CT molecular complexity index is 344. The first-order valence-electron chi connectivity index (χ1n) is 6.54. The third kappa shape index (κ3) is 4.67. The van der Waals surface area contributed by atoms with Gasteiger partial charge in [-0.2, -0.15) is 0 Å². The predicted molar refractivity (Wildman–Crippen MR) is 75.2 cm³/mol. The van der Waals surface area contributed by atoms with E-state index in [1.807, 2.05) is 26.0 Å². The molecule has 0 saturated carbocycles. The number of rotatable bonds is 7.